The number of nitrogens with one attached hydrogen (secondary N) is 1. The first kappa shape index (κ1) is 56.3. The Balaban J connectivity index is 1.59. The molecular formula is C48H87NO13. The second-order valence-electron chi connectivity index (χ2n) is 17.2. The number of hydrogen-bond donors (Lipinski definition) is 9. The minimum absolute atomic E-state index is 0.150. The number of unbranched alkanes of at least 4 members (excludes halogenated alkanes) is 20. The second kappa shape index (κ2) is 35.5. The van der Waals surface area contributed by atoms with Crippen molar-refractivity contribution in [1.82, 2.24) is 5.32 Å². The van der Waals surface area contributed by atoms with Gasteiger partial charge in [0.15, 0.2) is 12.6 Å². The number of carbonyl (C=O) groups is 1. The fourth-order valence-corrected chi connectivity index (χ4v) is 7.82. The number of aliphatic hydroxyl groups excluding tert-OH is 8. The zero-order valence-electron chi connectivity index (χ0n) is 38.1. The zero-order chi connectivity index (χ0) is 45.4. The van der Waals surface area contributed by atoms with Gasteiger partial charge in [0, 0.05) is 6.42 Å². The molecule has 362 valence electrons. The van der Waals surface area contributed by atoms with Gasteiger partial charge >= 0.3 is 0 Å². The van der Waals surface area contributed by atoms with Gasteiger partial charge in [0.2, 0.25) is 5.91 Å². The Morgan fingerprint density at radius 3 is 1.52 bits per heavy atom. The molecule has 0 aromatic heterocycles. The molecule has 2 heterocycles. The molecule has 2 rings (SSSR count). The monoisotopic (exact) mass is 886 g/mol. The van der Waals surface area contributed by atoms with E-state index in [0.29, 0.717) is 6.42 Å². The molecule has 62 heavy (non-hydrogen) atoms. The van der Waals surface area contributed by atoms with Crippen LogP contribution < -0.4 is 5.32 Å². The van der Waals surface area contributed by atoms with Crippen molar-refractivity contribution >= 4 is 5.91 Å². The van der Waals surface area contributed by atoms with Gasteiger partial charge in [0.25, 0.3) is 0 Å². The first-order valence-corrected chi connectivity index (χ1v) is 24.2. The summed E-state index contributed by atoms with van der Waals surface area (Å²) in [7, 11) is 0. The lowest BCUT2D eigenvalue weighted by Crippen LogP contribution is -2.65. The number of rotatable bonds is 36. The summed E-state index contributed by atoms with van der Waals surface area (Å²) in [5.41, 5.74) is 0. The molecule has 0 saturated carbocycles. The van der Waals surface area contributed by atoms with Crippen molar-refractivity contribution in [2.75, 3.05) is 19.8 Å². The van der Waals surface area contributed by atoms with E-state index in [4.69, 9.17) is 18.9 Å². The topological polar surface area (TPSA) is 228 Å². The molecule has 2 aliphatic rings. The number of carbonyl (C=O) groups excluding carboxylic acids is 1. The van der Waals surface area contributed by atoms with Crippen LogP contribution in [0.3, 0.4) is 0 Å². The molecule has 1 amide bonds. The maximum atomic E-state index is 12.3. The molecule has 0 radical (unpaired) electrons. The molecule has 0 aliphatic carbocycles. The predicted molar refractivity (Wildman–Crippen MR) is 240 cm³/mol. The van der Waals surface area contributed by atoms with Gasteiger partial charge in [-0.3, -0.25) is 4.79 Å². The first-order chi connectivity index (χ1) is 30.1. The lowest BCUT2D eigenvalue weighted by Gasteiger charge is -2.46. The van der Waals surface area contributed by atoms with Gasteiger partial charge in [-0.25, -0.2) is 0 Å². The van der Waals surface area contributed by atoms with Crippen molar-refractivity contribution in [2.45, 2.75) is 242 Å². The second-order valence-corrected chi connectivity index (χ2v) is 17.2. The Kier molecular flexibility index (Phi) is 32.2. The molecule has 12 atom stereocenters. The van der Waals surface area contributed by atoms with Crippen LogP contribution in [0, 0.1) is 0 Å². The van der Waals surface area contributed by atoms with E-state index in [1.54, 1.807) is 13.0 Å². The Morgan fingerprint density at radius 1 is 0.565 bits per heavy atom. The molecule has 2 saturated heterocycles. The van der Waals surface area contributed by atoms with Gasteiger partial charge in [-0.05, 0) is 38.5 Å². The van der Waals surface area contributed by atoms with Gasteiger partial charge < -0.3 is 65.1 Å². The Labute approximate surface area is 372 Å². The van der Waals surface area contributed by atoms with E-state index in [0.717, 1.165) is 25.7 Å². The zero-order valence-corrected chi connectivity index (χ0v) is 38.1. The van der Waals surface area contributed by atoms with Crippen LogP contribution in [-0.2, 0) is 23.7 Å². The number of ether oxygens (including phenoxy) is 4. The molecule has 0 spiro atoms. The summed E-state index contributed by atoms with van der Waals surface area (Å²) in [4.78, 5) is 12.3. The third kappa shape index (κ3) is 22.9. The van der Waals surface area contributed by atoms with Crippen molar-refractivity contribution in [3.63, 3.8) is 0 Å². The molecule has 14 nitrogen and oxygen atoms in total. The van der Waals surface area contributed by atoms with Crippen LogP contribution in [0.25, 0.3) is 0 Å². The van der Waals surface area contributed by atoms with E-state index in [-0.39, 0.29) is 18.9 Å². The van der Waals surface area contributed by atoms with Gasteiger partial charge in [0.05, 0.1) is 32.0 Å². The van der Waals surface area contributed by atoms with Crippen molar-refractivity contribution in [2.24, 2.45) is 0 Å². The molecule has 14 heteroatoms. The summed E-state index contributed by atoms with van der Waals surface area (Å²) in [5.74, 6) is -0.343. The van der Waals surface area contributed by atoms with Crippen molar-refractivity contribution in [3.05, 3.63) is 36.5 Å². The summed E-state index contributed by atoms with van der Waals surface area (Å²) in [6.07, 6.45) is 24.9. The van der Waals surface area contributed by atoms with Crippen LogP contribution in [0.15, 0.2) is 36.5 Å². The predicted octanol–water partition coefficient (Wildman–Crippen LogP) is 5.54. The highest BCUT2D eigenvalue weighted by atomic mass is 16.7. The third-order valence-corrected chi connectivity index (χ3v) is 11.9. The molecule has 2 aliphatic heterocycles. The van der Waals surface area contributed by atoms with Crippen LogP contribution in [0.5, 0.6) is 0 Å². The van der Waals surface area contributed by atoms with Crippen LogP contribution in [0.2, 0.25) is 0 Å². The van der Waals surface area contributed by atoms with Gasteiger partial charge in [-0.1, -0.05) is 159 Å². The molecule has 0 bridgehead atoms. The average Bonchev–Trinajstić information content (AvgIpc) is 3.27. The fraction of sp³-hybridized carbons (Fsp3) is 0.854. The van der Waals surface area contributed by atoms with E-state index in [9.17, 15) is 45.6 Å². The van der Waals surface area contributed by atoms with E-state index < -0.39 is 86.8 Å². The standard InChI is InChI=1S/C48H87NO13/c1-3-5-6-7-8-9-10-11-12-13-14-15-16-17-18-19-20-21-22-23-24-25-26-27-28-29-30-31-32-37(52)36(49-40(53)4-2)35-59-47-45(58)43(56)46(39(34-51)61-47)62-48-44(57)42(55)41(54)38(33-50)60-48/h23-24,27-28,31-32,36-39,41-48,50-52,54-58H,3-22,25-26,29-30,33-35H2,1-2H3,(H,49,53)/b24-23+,28-27+,32-31+. The Hall–Kier alpha value is -1.79. The number of aliphatic hydroxyl groups is 8. The molecule has 12 unspecified atom stereocenters. The maximum absolute atomic E-state index is 12.3. The van der Waals surface area contributed by atoms with Crippen LogP contribution in [-0.4, -0.2) is 140 Å². The van der Waals surface area contributed by atoms with Crippen LogP contribution >= 0.6 is 0 Å². The number of hydrogen-bond acceptors (Lipinski definition) is 13. The van der Waals surface area contributed by atoms with Crippen molar-refractivity contribution in [1.29, 1.82) is 0 Å². The van der Waals surface area contributed by atoms with Crippen molar-refractivity contribution in [3.8, 4) is 0 Å². The smallest absolute Gasteiger partial charge is 0.220 e. The maximum Gasteiger partial charge on any atom is 0.220 e. The first-order valence-electron chi connectivity index (χ1n) is 24.2. The van der Waals surface area contributed by atoms with Crippen molar-refractivity contribution < 1.29 is 64.6 Å². The van der Waals surface area contributed by atoms with E-state index >= 15 is 0 Å². The minimum Gasteiger partial charge on any atom is -0.394 e. The molecule has 2 fully saturated rings. The average molecular weight is 886 g/mol. The molecule has 0 aromatic rings. The molecule has 0 aromatic carbocycles. The number of amides is 1. The minimum atomic E-state index is -1.79. The van der Waals surface area contributed by atoms with Crippen LogP contribution in [0.4, 0.5) is 0 Å². The highest BCUT2D eigenvalue weighted by Crippen LogP contribution is 2.30. The van der Waals surface area contributed by atoms with Crippen LogP contribution in [0.1, 0.15) is 168 Å². The summed E-state index contributed by atoms with van der Waals surface area (Å²) >= 11 is 0. The SMILES string of the molecule is CCCCCCCCCCCCCCCCCCCC/C=C/CC/C=C/CC/C=C/C(O)C(COC1OC(CO)C(OC2OC(CO)C(O)C(O)C2O)C(O)C1O)NC(=O)CC. The highest BCUT2D eigenvalue weighted by molar-refractivity contribution is 5.75. The number of allylic oxidation sites excluding steroid dienone is 5. The lowest BCUT2D eigenvalue weighted by atomic mass is 9.97. The van der Waals surface area contributed by atoms with E-state index in [1.807, 2.05) is 6.08 Å². The molecular weight excluding hydrogens is 799 g/mol. The lowest BCUT2D eigenvalue weighted by molar-refractivity contribution is -0.359. The summed E-state index contributed by atoms with van der Waals surface area (Å²) in [6, 6.07) is -0.932. The van der Waals surface area contributed by atoms with Gasteiger partial charge in [-0.2, -0.15) is 0 Å². The quantitative estimate of drug-likeness (QED) is 0.0279. The summed E-state index contributed by atoms with van der Waals surface area (Å²) in [6.45, 7) is 2.18. The van der Waals surface area contributed by atoms with Gasteiger partial charge in [0.1, 0.15) is 48.8 Å². The largest absolute Gasteiger partial charge is 0.394 e. The Bertz CT molecular complexity index is 1190. The third-order valence-electron chi connectivity index (χ3n) is 11.9. The van der Waals surface area contributed by atoms with Gasteiger partial charge in [-0.15, -0.1) is 0 Å². The molecule has 9 N–H and O–H groups in total. The highest BCUT2D eigenvalue weighted by Gasteiger charge is 2.50. The van der Waals surface area contributed by atoms with E-state index in [2.05, 4.69) is 36.5 Å². The summed E-state index contributed by atoms with van der Waals surface area (Å²) < 4.78 is 22.3. The fourth-order valence-electron chi connectivity index (χ4n) is 7.82. The summed E-state index contributed by atoms with van der Waals surface area (Å²) in [5, 5.41) is 85.3. The Morgan fingerprint density at radius 2 is 1.02 bits per heavy atom. The normalized spacial score (nSPS) is 28.0. The van der Waals surface area contributed by atoms with E-state index in [1.165, 1.54) is 116 Å².